The molecule has 0 spiro atoms. The summed E-state index contributed by atoms with van der Waals surface area (Å²) in [5.74, 6) is 0. The van der Waals surface area contributed by atoms with Gasteiger partial charge in [0.15, 0.2) is 0 Å². The molecule has 0 bridgehead atoms. The van der Waals surface area contributed by atoms with E-state index in [4.69, 9.17) is 5.41 Å². The molecule has 2 heteroatoms. The van der Waals surface area contributed by atoms with Gasteiger partial charge in [-0.05, 0) is 33.5 Å². The summed E-state index contributed by atoms with van der Waals surface area (Å²) in [6.07, 6.45) is 2.22. The Bertz CT molecular complexity index is 76.6. The van der Waals surface area contributed by atoms with Gasteiger partial charge in [-0.1, -0.05) is 0 Å². The lowest BCUT2D eigenvalue weighted by Crippen LogP contribution is -2.36. The molecule has 0 aromatic rings. The van der Waals surface area contributed by atoms with Crippen LogP contribution in [0.1, 0.15) is 20.3 Å². The quantitative estimate of drug-likeness (QED) is 0.528. The third kappa shape index (κ3) is 2.75. The highest BCUT2D eigenvalue weighted by Crippen LogP contribution is 2.02. The van der Waals surface area contributed by atoms with E-state index in [1.54, 1.807) is 0 Å². The molecule has 0 aliphatic rings. The number of hydrogen-bond acceptors (Lipinski definition) is 2. The summed E-state index contributed by atoms with van der Waals surface area (Å²) in [4.78, 5) is 0. The Hall–Kier alpha value is -0.370. The summed E-state index contributed by atoms with van der Waals surface area (Å²) < 4.78 is 0. The molecule has 0 amide bonds. The normalized spacial score (nSPS) is 11.4. The van der Waals surface area contributed by atoms with E-state index in [0.29, 0.717) is 0 Å². The van der Waals surface area contributed by atoms with Gasteiger partial charge < -0.3 is 10.7 Å². The molecular formula is C6H14N2. The van der Waals surface area contributed by atoms with Crippen molar-refractivity contribution in [3.63, 3.8) is 0 Å². The molecule has 0 atom stereocenters. The molecule has 2 N–H and O–H groups in total. The SMILES string of the molecule is CNC(C)(C)CC=N. The highest BCUT2D eigenvalue weighted by atomic mass is 14.9. The van der Waals surface area contributed by atoms with Crippen LogP contribution < -0.4 is 5.32 Å². The van der Waals surface area contributed by atoms with E-state index in [2.05, 4.69) is 19.2 Å². The first-order valence-corrected chi connectivity index (χ1v) is 2.80. The fourth-order valence-corrected chi connectivity index (χ4v) is 0.357. The second-order valence-corrected chi connectivity index (χ2v) is 2.54. The van der Waals surface area contributed by atoms with Crippen molar-refractivity contribution in [3.05, 3.63) is 0 Å². The van der Waals surface area contributed by atoms with Gasteiger partial charge in [0.2, 0.25) is 0 Å². The molecule has 48 valence electrons. The monoisotopic (exact) mass is 114 g/mol. The lowest BCUT2D eigenvalue weighted by atomic mass is 10.0. The van der Waals surface area contributed by atoms with Crippen molar-refractivity contribution >= 4 is 6.21 Å². The first-order valence-electron chi connectivity index (χ1n) is 2.80. The zero-order chi connectivity index (χ0) is 6.62. The zero-order valence-electron chi connectivity index (χ0n) is 5.78. The summed E-state index contributed by atoms with van der Waals surface area (Å²) >= 11 is 0. The largest absolute Gasteiger partial charge is 0.314 e. The number of rotatable bonds is 3. The maximum atomic E-state index is 6.80. The Morgan fingerprint density at radius 1 is 1.62 bits per heavy atom. The van der Waals surface area contributed by atoms with Gasteiger partial charge in [0, 0.05) is 5.54 Å². The fourth-order valence-electron chi connectivity index (χ4n) is 0.357. The van der Waals surface area contributed by atoms with Crippen LogP contribution in [-0.2, 0) is 0 Å². The van der Waals surface area contributed by atoms with Gasteiger partial charge in [-0.15, -0.1) is 0 Å². The minimum atomic E-state index is 0.0990. The Morgan fingerprint density at radius 3 is 2.25 bits per heavy atom. The molecule has 8 heavy (non-hydrogen) atoms. The van der Waals surface area contributed by atoms with Crippen molar-refractivity contribution in [2.75, 3.05) is 7.05 Å². The lowest BCUT2D eigenvalue weighted by molar-refractivity contribution is 0.443. The third-order valence-corrected chi connectivity index (χ3v) is 1.29. The third-order valence-electron chi connectivity index (χ3n) is 1.29. The zero-order valence-corrected chi connectivity index (χ0v) is 5.78. The highest BCUT2D eigenvalue weighted by Gasteiger charge is 2.10. The summed E-state index contributed by atoms with van der Waals surface area (Å²) in [6, 6.07) is 0. The standard InChI is InChI=1S/C6H14N2/c1-6(2,8-3)4-5-7/h5,7-8H,4H2,1-3H3. The predicted octanol–water partition coefficient (Wildman–Crippen LogP) is 1.02. The number of hydrogen-bond donors (Lipinski definition) is 2. The van der Waals surface area contributed by atoms with Crippen LogP contribution >= 0.6 is 0 Å². The van der Waals surface area contributed by atoms with Crippen LogP contribution in [0.5, 0.6) is 0 Å². The van der Waals surface area contributed by atoms with Gasteiger partial charge in [0.1, 0.15) is 0 Å². The van der Waals surface area contributed by atoms with Crippen LogP contribution in [0.2, 0.25) is 0 Å². The minimum Gasteiger partial charge on any atom is -0.314 e. The van der Waals surface area contributed by atoms with E-state index in [-0.39, 0.29) is 5.54 Å². The van der Waals surface area contributed by atoms with Crippen molar-refractivity contribution in [1.29, 1.82) is 5.41 Å². The van der Waals surface area contributed by atoms with Gasteiger partial charge in [-0.2, -0.15) is 0 Å². The molecule has 0 aromatic carbocycles. The van der Waals surface area contributed by atoms with Crippen LogP contribution in [0.25, 0.3) is 0 Å². The predicted molar refractivity (Wildman–Crippen MR) is 36.5 cm³/mol. The fraction of sp³-hybridized carbons (Fsp3) is 0.833. The summed E-state index contributed by atoms with van der Waals surface area (Å²) in [7, 11) is 1.91. The molecule has 0 saturated heterocycles. The van der Waals surface area contributed by atoms with Crippen LogP contribution in [0.3, 0.4) is 0 Å². The smallest absolute Gasteiger partial charge is 0.0171 e. The van der Waals surface area contributed by atoms with Crippen LogP contribution in [-0.4, -0.2) is 18.8 Å². The Balaban J connectivity index is 3.53. The minimum absolute atomic E-state index is 0.0990. The molecule has 0 aliphatic heterocycles. The first kappa shape index (κ1) is 7.63. The summed E-state index contributed by atoms with van der Waals surface area (Å²) in [5.41, 5.74) is 0.0990. The van der Waals surface area contributed by atoms with Crippen molar-refractivity contribution in [2.24, 2.45) is 0 Å². The van der Waals surface area contributed by atoms with Crippen molar-refractivity contribution < 1.29 is 0 Å². The van der Waals surface area contributed by atoms with Gasteiger partial charge in [-0.3, -0.25) is 0 Å². The average molecular weight is 114 g/mol. The molecule has 0 rings (SSSR count). The molecule has 0 heterocycles. The number of nitrogens with one attached hydrogen (secondary N) is 2. The van der Waals surface area contributed by atoms with E-state index in [9.17, 15) is 0 Å². The topological polar surface area (TPSA) is 35.9 Å². The Kier molecular flexibility index (Phi) is 2.69. The van der Waals surface area contributed by atoms with Gasteiger partial charge in [0.05, 0.1) is 0 Å². The van der Waals surface area contributed by atoms with Crippen molar-refractivity contribution in [2.45, 2.75) is 25.8 Å². The van der Waals surface area contributed by atoms with Gasteiger partial charge >= 0.3 is 0 Å². The second-order valence-electron chi connectivity index (χ2n) is 2.54. The van der Waals surface area contributed by atoms with Gasteiger partial charge in [-0.25, -0.2) is 0 Å². The van der Waals surface area contributed by atoms with Crippen LogP contribution in [0, 0.1) is 5.41 Å². The molecule has 0 unspecified atom stereocenters. The molecule has 0 aromatic heterocycles. The molecule has 0 fully saturated rings. The van der Waals surface area contributed by atoms with Gasteiger partial charge in [0.25, 0.3) is 0 Å². The molecule has 0 aliphatic carbocycles. The van der Waals surface area contributed by atoms with E-state index < -0.39 is 0 Å². The highest BCUT2D eigenvalue weighted by molar-refractivity contribution is 5.54. The lowest BCUT2D eigenvalue weighted by Gasteiger charge is -2.20. The molecular weight excluding hydrogens is 100 g/mol. The average Bonchev–Trinajstić information content (AvgIpc) is 1.67. The maximum absolute atomic E-state index is 6.80. The Morgan fingerprint density at radius 2 is 2.12 bits per heavy atom. The summed E-state index contributed by atoms with van der Waals surface area (Å²) in [5, 5.41) is 9.89. The van der Waals surface area contributed by atoms with E-state index in [0.717, 1.165) is 6.42 Å². The summed E-state index contributed by atoms with van der Waals surface area (Å²) in [6.45, 7) is 4.14. The van der Waals surface area contributed by atoms with Crippen molar-refractivity contribution in [1.82, 2.24) is 5.32 Å². The molecule has 0 saturated carbocycles. The van der Waals surface area contributed by atoms with E-state index >= 15 is 0 Å². The van der Waals surface area contributed by atoms with E-state index in [1.165, 1.54) is 6.21 Å². The second kappa shape index (κ2) is 2.82. The maximum Gasteiger partial charge on any atom is 0.0171 e. The molecule has 0 radical (unpaired) electrons. The van der Waals surface area contributed by atoms with E-state index in [1.807, 2.05) is 7.05 Å². The first-order chi connectivity index (χ1) is 3.62. The molecule has 2 nitrogen and oxygen atoms in total. The van der Waals surface area contributed by atoms with Crippen LogP contribution in [0.4, 0.5) is 0 Å². The van der Waals surface area contributed by atoms with Crippen LogP contribution in [0.15, 0.2) is 0 Å². The Labute approximate surface area is 50.8 Å². The van der Waals surface area contributed by atoms with Crippen molar-refractivity contribution in [3.8, 4) is 0 Å².